The summed E-state index contributed by atoms with van der Waals surface area (Å²) in [4.78, 5) is 11.3. The van der Waals surface area contributed by atoms with Gasteiger partial charge in [-0.25, -0.2) is 4.79 Å². The molecule has 18 heavy (non-hydrogen) atoms. The van der Waals surface area contributed by atoms with Crippen molar-refractivity contribution in [2.75, 3.05) is 0 Å². The van der Waals surface area contributed by atoms with Crippen LogP contribution in [0.4, 0.5) is 0 Å². The van der Waals surface area contributed by atoms with Crippen molar-refractivity contribution >= 4 is 5.97 Å². The van der Waals surface area contributed by atoms with Crippen LogP contribution in [-0.2, 0) is 11.2 Å². The van der Waals surface area contributed by atoms with Gasteiger partial charge in [-0.1, -0.05) is 0 Å². The maximum absolute atomic E-state index is 11.3. The van der Waals surface area contributed by atoms with Crippen LogP contribution < -0.4 is 4.74 Å². The number of aromatic hydroxyl groups is 1. The second kappa shape index (κ2) is 3.90. The third kappa shape index (κ3) is 1.64. The van der Waals surface area contributed by atoms with Crippen LogP contribution in [0.5, 0.6) is 11.5 Å². The maximum Gasteiger partial charge on any atom is 0.347 e. The number of carboxylic acid groups (broad SMARTS) is 1. The number of ether oxygens (including phenoxy) is 1. The zero-order chi connectivity index (χ0) is 13.7. The largest absolute Gasteiger partial charge is 0.507 e. The van der Waals surface area contributed by atoms with Gasteiger partial charge in [0.2, 0.25) is 5.60 Å². The number of benzene rings is 1. The van der Waals surface area contributed by atoms with Crippen LogP contribution in [0.25, 0.3) is 0 Å². The molecule has 0 bridgehead atoms. The molecule has 4 nitrogen and oxygen atoms in total. The molecular formula is C14H18O4. The minimum absolute atomic E-state index is 0.286. The van der Waals surface area contributed by atoms with E-state index in [0.717, 1.165) is 22.3 Å². The molecule has 98 valence electrons. The normalized spacial score (nSPS) is 22.2. The lowest BCUT2D eigenvalue weighted by Gasteiger charge is -2.34. The number of hydrogen-bond acceptors (Lipinski definition) is 3. The van der Waals surface area contributed by atoms with Gasteiger partial charge in [0.05, 0.1) is 0 Å². The van der Waals surface area contributed by atoms with Crippen molar-refractivity contribution in [2.45, 2.75) is 46.1 Å². The van der Waals surface area contributed by atoms with Crippen LogP contribution in [0.2, 0.25) is 0 Å². The Kier molecular flexibility index (Phi) is 2.76. The SMILES string of the molecule is Cc1c(C)c2c(c(C)c1O)CC[C@@](C)(C(=O)O)O2. The summed E-state index contributed by atoms with van der Waals surface area (Å²) >= 11 is 0. The molecule has 1 aromatic carbocycles. The molecule has 0 spiro atoms. The first-order valence-corrected chi connectivity index (χ1v) is 6.02. The second-order valence-corrected chi connectivity index (χ2v) is 5.17. The fourth-order valence-electron chi connectivity index (χ4n) is 2.40. The first kappa shape index (κ1) is 12.7. The molecule has 0 fully saturated rings. The Bertz CT molecular complexity index is 533. The smallest absolute Gasteiger partial charge is 0.347 e. The van der Waals surface area contributed by atoms with E-state index in [-0.39, 0.29) is 5.75 Å². The monoisotopic (exact) mass is 250 g/mol. The second-order valence-electron chi connectivity index (χ2n) is 5.17. The lowest BCUT2D eigenvalue weighted by atomic mass is 9.87. The van der Waals surface area contributed by atoms with Crippen molar-refractivity contribution in [3.05, 3.63) is 22.3 Å². The number of phenols is 1. The number of phenolic OH excluding ortho intramolecular Hbond substituents is 1. The Hall–Kier alpha value is -1.71. The van der Waals surface area contributed by atoms with E-state index in [1.807, 2.05) is 20.8 Å². The number of fused-ring (bicyclic) bond motifs is 1. The summed E-state index contributed by atoms with van der Waals surface area (Å²) in [5.74, 6) is -0.0383. The summed E-state index contributed by atoms with van der Waals surface area (Å²) in [5, 5.41) is 19.2. The van der Waals surface area contributed by atoms with Crippen molar-refractivity contribution < 1.29 is 19.7 Å². The average molecular weight is 250 g/mol. The fourth-order valence-corrected chi connectivity index (χ4v) is 2.40. The van der Waals surface area contributed by atoms with E-state index in [1.165, 1.54) is 0 Å². The predicted molar refractivity (Wildman–Crippen MR) is 67.3 cm³/mol. The summed E-state index contributed by atoms with van der Waals surface area (Å²) in [6.45, 7) is 7.09. The van der Waals surface area contributed by atoms with Gasteiger partial charge in [0.15, 0.2) is 0 Å². The average Bonchev–Trinajstić information content (AvgIpc) is 2.33. The molecule has 2 rings (SSSR count). The Labute approximate surface area is 106 Å². The molecule has 1 heterocycles. The molecule has 2 N–H and O–H groups in total. The molecule has 1 aliphatic rings. The topological polar surface area (TPSA) is 66.8 Å². The first-order valence-electron chi connectivity index (χ1n) is 6.02. The number of aliphatic carboxylic acids is 1. The van der Waals surface area contributed by atoms with Crippen LogP contribution in [0.1, 0.15) is 35.6 Å². The van der Waals surface area contributed by atoms with Crippen LogP contribution in [0.3, 0.4) is 0 Å². The molecular weight excluding hydrogens is 232 g/mol. The molecule has 0 amide bonds. The molecule has 0 aromatic heterocycles. The fraction of sp³-hybridized carbons (Fsp3) is 0.500. The highest BCUT2D eigenvalue weighted by atomic mass is 16.5. The third-order valence-corrected chi connectivity index (χ3v) is 3.97. The van der Waals surface area contributed by atoms with Crippen molar-refractivity contribution in [1.82, 2.24) is 0 Å². The standard InChI is InChI=1S/C14H18O4/c1-7-8(2)12-10(9(3)11(7)15)5-6-14(4,18-12)13(16)17/h15H,5-6H2,1-4H3,(H,16,17)/t14-/m0/s1. The van der Waals surface area contributed by atoms with Crippen molar-refractivity contribution in [3.8, 4) is 11.5 Å². The molecule has 1 aromatic rings. The van der Waals surface area contributed by atoms with Crippen LogP contribution in [-0.4, -0.2) is 21.8 Å². The lowest BCUT2D eigenvalue weighted by molar-refractivity contribution is -0.155. The van der Waals surface area contributed by atoms with Crippen molar-refractivity contribution in [1.29, 1.82) is 0 Å². The number of carbonyl (C=O) groups is 1. The molecule has 0 saturated heterocycles. The minimum Gasteiger partial charge on any atom is -0.507 e. The molecule has 0 radical (unpaired) electrons. The van der Waals surface area contributed by atoms with Gasteiger partial charge in [-0.15, -0.1) is 0 Å². The zero-order valence-corrected chi connectivity index (χ0v) is 11.1. The summed E-state index contributed by atoms with van der Waals surface area (Å²) in [5.41, 5.74) is 2.11. The van der Waals surface area contributed by atoms with E-state index >= 15 is 0 Å². The van der Waals surface area contributed by atoms with Gasteiger partial charge in [-0.2, -0.15) is 0 Å². The van der Waals surface area contributed by atoms with Crippen molar-refractivity contribution in [2.24, 2.45) is 0 Å². The molecule has 1 aliphatic heterocycles. The Morgan fingerprint density at radius 1 is 1.22 bits per heavy atom. The summed E-state index contributed by atoms with van der Waals surface area (Å²) in [6, 6.07) is 0. The van der Waals surface area contributed by atoms with Crippen LogP contribution in [0.15, 0.2) is 0 Å². The van der Waals surface area contributed by atoms with Gasteiger partial charge in [0.25, 0.3) is 0 Å². The van der Waals surface area contributed by atoms with Gasteiger partial charge in [0, 0.05) is 12.0 Å². The third-order valence-electron chi connectivity index (χ3n) is 3.97. The van der Waals surface area contributed by atoms with E-state index in [2.05, 4.69) is 0 Å². The molecule has 0 unspecified atom stereocenters. The van der Waals surface area contributed by atoms with E-state index < -0.39 is 11.6 Å². The zero-order valence-electron chi connectivity index (χ0n) is 11.1. The van der Waals surface area contributed by atoms with Crippen molar-refractivity contribution in [3.63, 3.8) is 0 Å². The Morgan fingerprint density at radius 2 is 1.83 bits per heavy atom. The Morgan fingerprint density at radius 3 is 2.39 bits per heavy atom. The van der Waals surface area contributed by atoms with E-state index in [9.17, 15) is 15.0 Å². The van der Waals surface area contributed by atoms with E-state index in [4.69, 9.17) is 4.74 Å². The number of carboxylic acids is 1. The minimum atomic E-state index is -1.17. The van der Waals surface area contributed by atoms with E-state index in [0.29, 0.717) is 18.6 Å². The summed E-state index contributed by atoms with van der Waals surface area (Å²) in [6.07, 6.45) is 1.02. The maximum atomic E-state index is 11.3. The molecule has 1 atom stereocenters. The number of hydrogen-bond donors (Lipinski definition) is 2. The molecule has 0 saturated carbocycles. The van der Waals surface area contributed by atoms with Gasteiger partial charge >= 0.3 is 5.97 Å². The van der Waals surface area contributed by atoms with E-state index in [1.54, 1.807) is 6.92 Å². The van der Waals surface area contributed by atoms with Crippen LogP contribution in [0, 0.1) is 20.8 Å². The van der Waals surface area contributed by atoms with Gasteiger partial charge < -0.3 is 14.9 Å². The lowest BCUT2D eigenvalue weighted by Crippen LogP contribution is -2.44. The van der Waals surface area contributed by atoms with Gasteiger partial charge in [-0.05, 0) is 50.8 Å². The van der Waals surface area contributed by atoms with Gasteiger partial charge in [-0.3, -0.25) is 0 Å². The molecule has 0 aliphatic carbocycles. The number of rotatable bonds is 1. The first-order chi connectivity index (χ1) is 8.28. The highest BCUT2D eigenvalue weighted by molar-refractivity contribution is 5.78. The van der Waals surface area contributed by atoms with Crippen LogP contribution >= 0.6 is 0 Å². The quantitative estimate of drug-likeness (QED) is 0.803. The molecule has 4 heteroatoms. The summed E-state index contributed by atoms with van der Waals surface area (Å²) in [7, 11) is 0. The highest BCUT2D eigenvalue weighted by Gasteiger charge is 2.40. The summed E-state index contributed by atoms with van der Waals surface area (Å²) < 4.78 is 5.72. The Balaban J connectivity index is 2.61. The predicted octanol–water partition coefficient (Wildman–Crippen LogP) is 2.49. The highest BCUT2D eigenvalue weighted by Crippen LogP contribution is 2.43. The van der Waals surface area contributed by atoms with Gasteiger partial charge in [0.1, 0.15) is 11.5 Å².